The van der Waals surface area contributed by atoms with Crippen molar-refractivity contribution in [2.75, 3.05) is 18.5 Å². The third-order valence-corrected chi connectivity index (χ3v) is 14.0. The number of hydrogen-bond acceptors (Lipinski definition) is 0. The molecule has 21 heavy (non-hydrogen) atoms. The summed E-state index contributed by atoms with van der Waals surface area (Å²) in [6.45, 7) is 6.99. The maximum atomic E-state index is 4.46. The van der Waals surface area contributed by atoms with Gasteiger partial charge in [-0.05, 0) is 0 Å². The van der Waals surface area contributed by atoms with Crippen LogP contribution in [0.4, 0.5) is 0 Å². The Morgan fingerprint density at radius 1 is 0.762 bits per heavy atom. The van der Waals surface area contributed by atoms with Crippen LogP contribution in [0.15, 0.2) is 30.3 Å². The summed E-state index contributed by atoms with van der Waals surface area (Å²) < 4.78 is 0. The van der Waals surface area contributed by atoms with Crippen molar-refractivity contribution in [3.8, 4) is 0 Å². The second kappa shape index (κ2) is 9.31. The van der Waals surface area contributed by atoms with Crippen LogP contribution in [-0.4, -0.2) is 18.5 Å². The van der Waals surface area contributed by atoms with Crippen LogP contribution in [0.3, 0.4) is 0 Å². The molecule has 0 spiro atoms. The monoisotopic (exact) mass is 372 g/mol. The van der Waals surface area contributed by atoms with E-state index in [1.807, 2.05) is 0 Å². The van der Waals surface area contributed by atoms with Gasteiger partial charge in [-0.2, -0.15) is 0 Å². The molecule has 0 atom stereocenters. The van der Waals surface area contributed by atoms with Crippen molar-refractivity contribution < 1.29 is 0 Å². The summed E-state index contributed by atoms with van der Waals surface area (Å²) in [6.07, 6.45) is 13.7. The van der Waals surface area contributed by atoms with Crippen molar-refractivity contribution in [3.63, 3.8) is 0 Å². The zero-order chi connectivity index (χ0) is 15.6. The van der Waals surface area contributed by atoms with Crippen LogP contribution in [0.5, 0.6) is 0 Å². The van der Waals surface area contributed by atoms with Gasteiger partial charge in [-0.3, -0.25) is 0 Å². The summed E-state index contributed by atoms with van der Waals surface area (Å²) in [5, 5.41) is -1.77. The van der Waals surface area contributed by atoms with Gasteiger partial charge in [0.2, 0.25) is 0 Å². The quantitative estimate of drug-likeness (QED) is 0.353. The Bertz CT molecular complexity index is 363. The third kappa shape index (κ3) is 6.41. The van der Waals surface area contributed by atoms with E-state index in [-0.39, 0.29) is 0 Å². The van der Waals surface area contributed by atoms with Gasteiger partial charge < -0.3 is 0 Å². The number of benzene rings is 1. The van der Waals surface area contributed by atoms with Crippen molar-refractivity contribution in [2.45, 2.75) is 65.5 Å². The molecule has 0 nitrogen and oxygen atoms in total. The predicted molar refractivity (Wildman–Crippen MR) is 105 cm³/mol. The summed E-state index contributed by atoms with van der Waals surface area (Å²) in [7, 11) is 0. The molecule has 0 radical (unpaired) electrons. The Morgan fingerprint density at radius 2 is 1.19 bits per heavy atom. The first-order valence-electron chi connectivity index (χ1n) is 8.82. The number of hydrogen-bond donors (Lipinski definition) is 0. The molecule has 0 unspecified atom stereocenters. The second-order valence-corrected chi connectivity index (χ2v) is 18.0. The van der Waals surface area contributed by atoms with E-state index < -0.39 is 5.31 Å². The number of rotatable bonds is 11. The molecule has 122 valence electrons. The van der Waals surface area contributed by atoms with E-state index in [4.69, 9.17) is 0 Å². The summed E-state index contributed by atoms with van der Waals surface area (Å²) in [4.78, 5) is 0. The molecule has 0 saturated heterocycles. The molecule has 0 N–H and O–H groups in total. The van der Waals surface area contributed by atoms with E-state index in [0.717, 1.165) is 0 Å². The minimum atomic E-state index is -1.77. The minimum absolute atomic E-state index is 1.30. The molecule has 0 aliphatic carbocycles. The standard InChI is InChI=1S/C19H34BrP/c1-4-7-15-21(20,16-8-5-2,17-9-6-3)18-19-13-11-10-12-14-19/h10-14H,4-9,15-18H2,1-3H3. The first-order valence-corrected chi connectivity index (χ1v) is 13.8. The van der Waals surface area contributed by atoms with Crippen molar-refractivity contribution in [1.82, 2.24) is 0 Å². The van der Waals surface area contributed by atoms with Gasteiger partial charge in [-0.25, -0.2) is 0 Å². The van der Waals surface area contributed by atoms with Gasteiger partial charge in [0, 0.05) is 0 Å². The second-order valence-electron chi connectivity index (χ2n) is 6.69. The molecule has 0 amide bonds. The SMILES string of the molecule is CCCCP(Br)(CCCC)(CCCC)Cc1ccccc1. The van der Waals surface area contributed by atoms with E-state index in [0.29, 0.717) is 0 Å². The third-order valence-electron chi connectivity index (χ3n) is 4.63. The van der Waals surface area contributed by atoms with E-state index >= 15 is 0 Å². The molecule has 0 bridgehead atoms. The van der Waals surface area contributed by atoms with Crippen molar-refractivity contribution in [2.24, 2.45) is 0 Å². The Labute approximate surface area is 140 Å². The Morgan fingerprint density at radius 3 is 1.57 bits per heavy atom. The summed E-state index contributed by atoms with van der Waals surface area (Å²) in [6, 6.07) is 11.2. The maximum absolute atomic E-state index is 4.46. The zero-order valence-electron chi connectivity index (χ0n) is 14.3. The van der Waals surface area contributed by atoms with Gasteiger partial charge in [0.1, 0.15) is 0 Å². The van der Waals surface area contributed by atoms with Crippen molar-refractivity contribution >= 4 is 20.8 Å². The average Bonchev–Trinajstić information content (AvgIpc) is 2.51. The van der Waals surface area contributed by atoms with Crippen LogP contribution >= 0.6 is 20.8 Å². The average molecular weight is 373 g/mol. The van der Waals surface area contributed by atoms with E-state index in [9.17, 15) is 0 Å². The topological polar surface area (TPSA) is 0 Å². The first kappa shape index (κ1) is 19.2. The number of unbranched alkanes of at least 4 members (excludes halogenated alkanes) is 3. The normalized spacial score (nSPS) is 13.8. The fourth-order valence-corrected chi connectivity index (χ4v) is 12.0. The van der Waals surface area contributed by atoms with Crippen LogP contribution in [0.25, 0.3) is 0 Å². The zero-order valence-corrected chi connectivity index (χ0v) is 16.8. The van der Waals surface area contributed by atoms with E-state index in [1.165, 1.54) is 68.7 Å². The molecular weight excluding hydrogens is 339 g/mol. The van der Waals surface area contributed by atoms with Gasteiger partial charge in [0.05, 0.1) is 0 Å². The molecule has 0 fully saturated rings. The van der Waals surface area contributed by atoms with Gasteiger partial charge >= 0.3 is 141 Å². The molecule has 0 aromatic heterocycles. The molecule has 0 aliphatic heterocycles. The van der Waals surface area contributed by atoms with Crippen molar-refractivity contribution in [3.05, 3.63) is 35.9 Å². The molecule has 0 saturated carbocycles. The van der Waals surface area contributed by atoms with E-state index in [2.05, 4.69) is 66.6 Å². The van der Waals surface area contributed by atoms with Crippen LogP contribution in [0.1, 0.15) is 64.9 Å². The molecule has 1 aromatic carbocycles. The fourth-order valence-electron chi connectivity index (χ4n) is 3.27. The van der Waals surface area contributed by atoms with Crippen molar-refractivity contribution in [1.29, 1.82) is 0 Å². The van der Waals surface area contributed by atoms with E-state index in [1.54, 1.807) is 0 Å². The molecule has 1 rings (SSSR count). The molecular formula is C19H34BrP. The summed E-state index contributed by atoms with van der Waals surface area (Å²) in [5.41, 5.74) is 1.54. The van der Waals surface area contributed by atoms with Gasteiger partial charge in [-0.1, -0.05) is 0 Å². The molecule has 0 heterocycles. The molecule has 0 aliphatic rings. The van der Waals surface area contributed by atoms with Gasteiger partial charge in [0.15, 0.2) is 0 Å². The van der Waals surface area contributed by atoms with Crippen LogP contribution < -0.4 is 0 Å². The van der Waals surface area contributed by atoms with Crippen LogP contribution in [0.2, 0.25) is 0 Å². The Hall–Kier alpha value is 0.130. The van der Waals surface area contributed by atoms with Crippen LogP contribution in [0, 0.1) is 0 Å². The Balaban J connectivity index is 3.01. The van der Waals surface area contributed by atoms with Gasteiger partial charge in [0.25, 0.3) is 0 Å². The predicted octanol–water partition coefficient (Wildman–Crippen LogP) is 7.45. The first-order chi connectivity index (χ1) is 10.1. The van der Waals surface area contributed by atoms with Gasteiger partial charge in [-0.15, -0.1) is 0 Å². The molecule has 2 heteroatoms. The fraction of sp³-hybridized carbons (Fsp3) is 0.684. The molecule has 1 aromatic rings. The summed E-state index contributed by atoms with van der Waals surface area (Å²) in [5.74, 6) is 0. The summed E-state index contributed by atoms with van der Waals surface area (Å²) >= 11 is 4.46. The Kier molecular flexibility index (Phi) is 8.50. The number of halogens is 1. The van der Waals surface area contributed by atoms with Crippen LogP contribution in [-0.2, 0) is 6.16 Å².